The van der Waals surface area contributed by atoms with Crippen molar-refractivity contribution in [1.82, 2.24) is 0 Å². The summed E-state index contributed by atoms with van der Waals surface area (Å²) in [6, 6.07) is 0. The molecule has 2 atom stereocenters. The van der Waals surface area contributed by atoms with Gasteiger partial charge in [0.25, 0.3) is 0 Å². The number of aliphatic hydroxyl groups excluding tert-OH is 1. The second-order valence-corrected chi connectivity index (χ2v) is 4.06. The minimum Gasteiger partial charge on any atom is -0.460 e. The lowest BCUT2D eigenvalue weighted by Gasteiger charge is -2.14. The van der Waals surface area contributed by atoms with Gasteiger partial charge in [0, 0.05) is 12.2 Å². The summed E-state index contributed by atoms with van der Waals surface area (Å²) in [7, 11) is 0. The first-order valence-corrected chi connectivity index (χ1v) is 6.26. The highest BCUT2D eigenvalue weighted by Crippen LogP contribution is 1.97. The van der Waals surface area contributed by atoms with E-state index in [1.807, 2.05) is 0 Å². The number of esters is 2. The summed E-state index contributed by atoms with van der Waals surface area (Å²) in [6.45, 7) is 8.01. The van der Waals surface area contributed by atoms with Crippen LogP contribution in [0.2, 0.25) is 0 Å². The van der Waals surface area contributed by atoms with Crippen LogP contribution >= 0.6 is 0 Å². The summed E-state index contributed by atoms with van der Waals surface area (Å²) >= 11 is 0. The quantitative estimate of drug-likeness (QED) is 0.354. The first-order valence-electron chi connectivity index (χ1n) is 6.26. The zero-order chi connectivity index (χ0) is 15.5. The molecule has 0 bridgehead atoms. The monoisotopic (exact) mass is 290 g/mol. The molecule has 0 fully saturated rings. The molecule has 0 aliphatic heterocycles. The number of hydrogen-bond donors (Lipinski definition) is 1. The Morgan fingerprint density at radius 2 is 1.95 bits per heavy atom. The van der Waals surface area contributed by atoms with Crippen molar-refractivity contribution in [2.24, 2.45) is 0 Å². The average Bonchev–Trinajstić information content (AvgIpc) is 2.35. The fourth-order valence-corrected chi connectivity index (χ4v) is 1.11. The van der Waals surface area contributed by atoms with Gasteiger partial charge in [-0.15, -0.1) is 0 Å². The van der Waals surface area contributed by atoms with Gasteiger partial charge in [0.2, 0.25) is 0 Å². The van der Waals surface area contributed by atoms with E-state index in [1.165, 1.54) is 6.92 Å². The molecule has 0 saturated heterocycles. The van der Waals surface area contributed by atoms with E-state index < -0.39 is 24.3 Å². The molecule has 0 rings (SSSR count). The summed E-state index contributed by atoms with van der Waals surface area (Å²) in [5.74, 6) is -1.19. The highest BCUT2D eigenvalue weighted by Gasteiger charge is 2.12. The molecule has 0 aromatic heterocycles. The van der Waals surface area contributed by atoms with Crippen LogP contribution in [-0.2, 0) is 28.5 Å². The average molecular weight is 290 g/mol. The highest BCUT2D eigenvalue weighted by atomic mass is 16.7. The van der Waals surface area contributed by atoms with Crippen LogP contribution in [0.5, 0.6) is 0 Å². The Bertz CT molecular complexity index is 327. The van der Waals surface area contributed by atoms with Gasteiger partial charge in [-0.2, -0.15) is 0 Å². The van der Waals surface area contributed by atoms with Gasteiger partial charge in [-0.05, 0) is 20.8 Å². The molecule has 0 aromatic carbocycles. The van der Waals surface area contributed by atoms with E-state index >= 15 is 0 Å². The number of carbonyl (C=O) groups is 2. The molecule has 0 aromatic rings. The van der Waals surface area contributed by atoms with Crippen LogP contribution in [0.4, 0.5) is 0 Å². The van der Waals surface area contributed by atoms with Crippen LogP contribution in [0.25, 0.3) is 0 Å². The third kappa shape index (κ3) is 9.48. The standard InChI is InChI=1S/C13H22O7/c1-5-18-10(4)20-12(15)8-17-6-11(14)7-19-13(16)9(2)3/h10-11,14H,2,5-8H2,1,3-4H3. The van der Waals surface area contributed by atoms with Crippen molar-refractivity contribution in [2.75, 3.05) is 26.4 Å². The van der Waals surface area contributed by atoms with E-state index in [4.69, 9.17) is 18.9 Å². The SMILES string of the molecule is C=C(C)C(=O)OCC(O)COCC(=O)OC(C)OCC. The van der Waals surface area contributed by atoms with E-state index in [0.717, 1.165) is 0 Å². The molecule has 0 aliphatic carbocycles. The van der Waals surface area contributed by atoms with Crippen molar-refractivity contribution < 1.29 is 33.6 Å². The summed E-state index contributed by atoms with van der Waals surface area (Å²) in [5, 5.41) is 9.45. The van der Waals surface area contributed by atoms with E-state index in [2.05, 4.69) is 6.58 Å². The number of carbonyl (C=O) groups excluding carboxylic acids is 2. The molecule has 7 heteroatoms. The summed E-state index contributed by atoms with van der Waals surface area (Å²) in [4.78, 5) is 22.3. The smallest absolute Gasteiger partial charge is 0.334 e. The molecular weight excluding hydrogens is 268 g/mol. The largest absolute Gasteiger partial charge is 0.460 e. The van der Waals surface area contributed by atoms with Crippen LogP contribution in [0.1, 0.15) is 20.8 Å². The fraction of sp³-hybridized carbons (Fsp3) is 0.692. The van der Waals surface area contributed by atoms with Crippen LogP contribution in [-0.4, -0.2) is 55.9 Å². The molecule has 0 spiro atoms. The third-order valence-electron chi connectivity index (χ3n) is 1.98. The van der Waals surface area contributed by atoms with E-state index in [9.17, 15) is 14.7 Å². The Morgan fingerprint density at radius 3 is 2.50 bits per heavy atom. The maximum Gasteiger partial charge on any atom is 0.334 e. The molecule has 20 heavy (non-hydrogen) atoms. The third-order valence-corrected chi connectivity index (χ3v) is 1.98. The number of rotatable bonds is 10. The van der Waals surface area contributed by atoms with Crippen molar-refractivity contribution in [3.63, 3.8) is 0 Å². The Balaban J connectivity index is 3.70. The first kappa shape index (κ1) is 18.6. The van der Waals surface area contributed by atoms with Crippen molar-refractivity contribution in [2.45, 2.75) is 33.2 Å². The Labute approximate surface area is 118 Å². The normalized spacial score (nSPS) is 13.4. The second-order valence-electron chi connectivity index (χ2n) is 4.06. The second kappa shape index (κ2) is 10.4. The lowest BCUT2D eigenvalue weighted by Crippen LogP contribution is -2.27. The molecule has 1 N–H and O–H groups in total. The first-order chi connectivity index (χ1) is 9.36. The zero-order valence-corrected chi connectivity index (χ0v) is 12.1. The molecule has 0 amide bonds. The molecule has 0 heterocycles. The van der Waals surface area contributed by atoms with Gasteiger partial charge in [0.05, 0.1) is 6.61 Å². The lowest BCUT2D eigenvalue weighted by molar-refractivity contribution is -0.179. The van der Waals surface area contributed by atoms with Gasteiger partial charge >= 0.3 is 11.9 Å². The molecule has 0 saturated carbocycles. The summed E-state index contributed by atoms with van der Waals surface area (Å²) < 4.78 is 19.5. The Kier molecular flexibility index (Phi) is 9.61. The Morgan fingerprint density at radius 1 is 1.30 bits per heavy atom. The van der Waals surface area contributed by atoms with Gasteiger partial charge in [0.15, 0.2) is 6.29 Å². The van der Waals surface area contributed by atoms with Gasteiger partial charge in [0.1, 0.15) is 19.3 Å². The van der Waals surface area contributed by atoms with Crippen LogP contribution < -0.4 is 0 Å². The predicted molar refractivity (Wildman–Crippen MR) is 69.8 cm³/mol. The van der Waals surface area contributed by atoms with Crippen LogP contribution in [0.3, 0.4) is 0 Å². The van der Waals surface area contributed by atoms with Crippen molar-refractivity contribution >= 4 is 11.9 Å². The molecule has 0 aliphatic rings. The molecule has 116 valence electrons. The van der Waals surface area contributed by atoms with Gasteiger partial charge in [-0.25, -0.2) is 9.59 Å². The summed E-state index contributed by atoms with van der Waals surface area (Å²) in [6.07, 6.45) is -1.66. The van der Waals surface area contributed by atoms with Gasteiger partial charge < -0.3 is 24.1 Å². The zero-order valence-electron chi connectivity index (χ0n) is 12.1. The minimum atomic E-state index is -1.02. The molecule has 0 radical (unpaired) electrons. The molecule has 7 nitrogen and oxygen atoms in total. The molecule has 2 unspecified atom stereocenters. The fourth-order valence-electron chi connectivity index (χ4n) is 1.11. The highest BCUT2D eigenvalue weighted by molar-refractivity contribution is 5.86. The number of aliphatic hydroxyl groups is 1. The minimum absolute atomic E-state index is 0.151. The maximum atomic E-state index is 11.3. The van der Waals surface area contributed by atoms with Crippen LogP contribution in [0.15, 0.2) is 12.2 Å². The van der Waals surface area contributed by atoms with Crippen molar-refractivity contribution in [1.29, 1.82) is 0 Å². The predicted octanol–water partition coefficient (Wildman–Crippen LogP) is 0.409. The summed E-state index contributed by atoms with van der Waals surface area (Å²) in [5.41, 5.74) is 0.242. The van der Waals surface area contributed by atoms with E-state index in [-0.39, 0.29) is 25.4 Å². The Hall–Kier alpha value is -1.44. The van der Waals surface area contributed by atoms with Crippen molar-refractivity contribution in [3.8, 4) is 0 Å². The lowest BCUT2D eigenvalue weighted by atomic mass is 10.3. The van der Waals surface area contributed by atoms with E-state index in [1.54, 1.807) is 13.8 Å². The van der Waals surface area contributed by atoms with Crippen LogP contribution in [0, 0.1) is 0 Å². The maximum absolute atomic E-state index is 11.3. The number of hydrogen-bond acceptors (Lipinski definition) is 7. The van der Waals surface area contributed by atoms with Gasteiger partial charge in [-0.1, -0.05) is 6.58 Å². The van der Waals surface area contributed by atoms with Crippen molar-refractivity contribution in [3.05, 3.63) is 12.2 Å². The molecular formula is C13H22O7. The number of ether oxygens (including phenoxy) is 4. The topological polar surface area (TPSA) is 91.3 Å². The van der Waals surface area contributed by atoms with E-state index in [0.29, 0.717) is 6.61 Å². The van der Waals surface area contributed by atoms with Gasteiger partial charge in [-0.3, -0.25) is 0 Å².